The molecule has 136 valence electrons. The maximum atomic E-state index is 12.0. The molecule has 0 aromatic heterocycles. The van der Waals surface area contributed by atoms with Crippen LogP contribution in [0.3, 0.4) is 0 Å². The first-order valence-corrected chi connectivity index (χ1v) is 8.54. The van der Waals surface area contributed by atoms with Gasteiger partial charge in [0.1, 0.15) is 5.75 Å². The summed E-state index contributed by atoms with van der Waals surface area (Å²) in [7, 11) is 0. The highest BCUT2D eigenvalue weighted by molar-refractivity contribution is 6.43. The number of halogens is 2. The van der Waals surface area contributed by atoms with Gasteiger partial charge in [0.2, 0.25) is 0 Å². The topological polar surface area (TPSA) is 79.8 Å². The van der Waals surface area contributed by atoms with Crippen LogP contribution in [0.4, 0.5) is 0 Å². The Bertz CT molecular complexity index is 808. The predicted molar refractivity (Wildman–Crippen MR) is 102 cm³/mol. The van der Waals surface area contributed by atoms with Gasteiger partial charge < -0.3 is 10.1 Å². The first-order chi connectivity index (χ1) is 12.5. The van der Waals surface area contributed by atoms with Crippen LogP contribution in [0.25, 0.3) is 0 Å². The van der Waals surface area contributed by atoms with Crippen molar-refractivity contribution in [1.29, 1.82) is 0 Å². The first-order valence-electron chi connectivity index (χ1n) is 7.78. The predicted octanol–water partition coefficient (Wildman–Crippen LogP) is 3.27. The lowest BCUT2D eigenvalue weighted by Crippen LogP contribution is -2.34. The molecule has 0 spiro atoms. The van der Waals surface area contributed by atoms with Gasteiger partial charge >= 0.3 is 0 Å². The highest BCUT2D eigenvalue weighted by atomic mass is 35.5. The van der Waals surface area contributed by atoms with Crippen LogP contribution in [0, 0.1) is 0 Å². The molecule has 2 aromatic carbocycles. The largest absolute Gasteiger partial charge is 0.494 e. The molecule has 0 aliphatic heterocycles. The van der Waals surface area contributed by atoms with E-state index in [1.807, 2.05) is 6.92 Å². The van der Waals surface area contributed by atoms with Crippen molar-refractivity contribution in [3.8, 4) is 5.75 Å². The molecule has 0 unspecified atom stereocenters. The average Bonchev–Trinajstić information content (AvgIpc) is 2.64. The van der Waals surface area contributed by atoms with E-state index in [9.17, 15) is 9.59 Å². The Kier molecular flexibility index (Phi) is 7.44. The van der Waals surface area contributed by atoms with E-state index in [4.69, 9.17) is 27.9 Å². The van der Waals surface area contributed by atoms with E-state index in [0.717, 1.165) is 0 Å². The third kappa shape index (κ3) is 5.75. The first kappa shape index (κ1) is 19.8. The Morgan fingerprint density at radius 3 is 2.58 bits per heavy atom. The monoisotopic (exact) mass is 393 g/mol. The quantitative estimate of drug-likeness (QED) is 0.559. The van der Waals surface area contributed by atoms with E-state index in [2.05, 4.69) is 15.8 Å². The fourth-order valence-electron chi connectivity index (χ4n) is 1.97. The minimum atomic E-state index is -0.473. The number of hydrogen-bond acceptors (Lipinski definition) is 4. The summed E-state index contributed by atoms with van der Waals surface area (Å²) in [5, 5.41) is 7.03. The van der Waals surface area contributed by atoms with Crippen molar-refractivity contribution < 1.29 is 14.3 Å². The summed E-state index contributed by atoms with van der Waals surface area (Å²) in [6, 6.07) is 11.7. The Labute approximate surface area is 161 Å². The Morgan fingerprint density at radius 1 is 1.15 bits per heavy atom. The lowest BCUT2D eigenvalue weighted by molar-refractivity contribution is -0.120. The van der Waals surface area contributed by atoms with Gasteiger partial charge in [-0.15, -0.1) is 0 Å². The SMILES string of the molecule is CCOc1ccc(C(=O)NCC(=O)N/N=C/c2cccc(Cl)c2Cl)cc1. The minimum absolute atomic E-state index is 0.216. The average molecular weight is 394 g/mol. The van der Waals surface area contributed by atoms with Crippen LogP contribution in [-0.2, 0) is 4.79 Å². The van der Waals surface area contributed by atoms with Gasteiger partial charge in [-0.1, -0.05) is 35.3 Å². The van der Waals surface area contributed by atoms with Crippen molar-refractivity contribution in [2.45, 2.75) is 6.92 Å². The van der Waals surface area contributed by atoms with E-state index in [-0.39, 0.29) is 12.5 Å². The molecular formula is C18H17Cl2N3O3. The lowest BCUT2D eigenvalue weighted by Gasteiger charge is -2.06. The Morgan fingerprint density at radius 2 is 1.88 bits per heavy atom. The van der Waals surface area contributed by atoms with Crippen molar-refractivity contribution in [1.82, 2.24) is 10.7 Å². The van der Waals surface area contributed by atoms with Gasteiger partial charge in [0, 0.05) is 11.1 Å². The van der Waals surface area contributed by atoms with Crippen molar-refractivity contribution in [2.24, 2.45) is 5.10 Å². The maximum absolute atomic E-state index is 12.0. The van der Waals surface area contributed by atoms with Crippen molar-refractivity contribution in [3.05, 3.63) is 63.6 Å². The number of nitrogens with zero attached hydrogens (tertiary/aromatic N) is 1. The number of nitrogens with one attached hydrogen (secondary N) is 2. The van der Waals surface area contributed by atoms with Crippen LogP contribution < -0.4 is 15.5 Å². The normalized spacial score (nSPS) is 10.6. The Balaban J connectivity index is 1.81. The second-order valence-electron chi connectivity index (χ2n) is 5.08. The number of amides is 2. The molecule has 0 bridgehead atoms. The van der Waals surface area contributed by atoms with Crippen LogP contribution >= 0.6 is 23.2 Å². The van der Waals surface area contributed by atoms with Gasteiger partial charge in [-0.25, -0.2) is 5.43 Å². The summed E-state index contributed by atoms with van der Waals surface area (Å²) < 4.78 is 5.31. The van der Waals surface area contributed by atoms with Crippen molar-refractivity contribution in [3.63, 3.8) is 0 Å². The van der Waals surface area contributed by atoms with Crippen molar-refractivity contribution >= 4 is 41.2 Å². The van der Waals surface area contributed by atoms with Crippen LogP contribution in [-0.4, -0.2) is 31.2 Å². The highest BCUT2D eigenvalue weighted by Crippen LogP contribution is 2.24. The third-order valence-corrected chi connectivity index (χ3v) is 4.04. The molecule has 0 aliphatic rings. The molecule has 0 saturated carbocycles. The highest BCUT2D eigenvalue weighted by Gasteiger charge is 2.08. The number of hydrogen-bond donors (Lipinski definition) is 2. The zero-order valence-corrected chi connectivity index (χ0v) is 15.5. The summed E-state index contributed by atoms with van der Waals surface area (Å²) in [5.74, 6) is -0.167. The fourth-order valence-corrected chi connectivity index (χ4v) is 2.32. The zero-order chi connectivity index (χ0) is 18.9. The molecule has 0 aliphatic carbocycles. The number of rotatable bonds is 7. The zero-order valence-electron chi connectivity index (χ0n) is 14.0. The molecule has 6 nitrogen and oxygen atoms in total. The van der Waals surface area contributed by atoms with Gasteiger partial charge in [-0.05, 0) is 37.3 Å². The number of carbonyl (C=O) groups is 2. The Hall–Kier alpha value is -2.57. The number of ether oxygens (including phenoxy) is 1. The molecule has 2 amide bonds. The number of benzene rings is 2. The lowest BCUT2D eigenvalue weighted by atomic mass is 10.2. The van der Waals surface area contributed by atoms with E-state index >= 15 is 0 Å². The number of carbonyl (C=O) groups excluding carboxylic acids is 2. The summed E-state index contributed by atoms with van der Waals surface area (Å²) >= 11 is 11.9. The molecule has 2 aromatic rings. The fraction of sp³-hybridized carbons (Fsp3) is 0.167. The molecule has 26 heavy (non-hydrogen) atoms. The third-order valence-electron chi connectivity index (χ3n) is 3.21. The van der Waals surface area contributed by atoms with Gasteiger partial charge in [0.15, 0.2) is 0 Å². The maximum Gasteiger partial charge on any atom is 0.259 e. The van der Waals surface area contributed by atoms with E-state index in [1.165, 1.54) is 6.21 Å². The van der Waals surface area contributed by atoms with Crippen LogP contribution in [0.1, 0.15) is 22.8 Å². The summed E-state index contributed by atoms with van der Waals surface area (Å²) in [5.41, 5.74) is 3.30. The van der Waals surface area contributed by atoms with E-state index in [1.54, 1.807) is 42.5 Å². The van der Waals surface area contributed by atoms with Gasteiger partial charge in [-0.3, -0.25) is 9.59 Å². The van der Waals surface area contributed by atoms with Gasteiger partial charge in [0.25, 0.3) is 11.8 Å². The smallest absolute Gasteiger partial charge is 0.259 e. The molecular weight excluding hydrogens is 377 g/mol. The standard InChI is InChI=1S/C18H17Cl2N3O3/c1-2-26-14-8-6-12(7-9-14)18(25)21-11-16(24)23-22-10-13-4-3-5-15(19)17(13)20/h3-10H,2,11H2,1H3,(H,21,25)(H,23,24)/b22-10+. The van der Waals surface area contributed by atoms with Gasteiger partial charge in [-0.2, -0.15) is 5.10 Å². The molecule has 0 heterocycles. The van der Waals surface area contributed by atoms with Crippen LogP contribution in [0.2, 0.25) is 10.0 Å². The van der Waals surface area contributed by atoms with E-state index < -0.39 is 5.91 Å². The van der Waals surface area contributed by atoms with Crippen LogP contribution in [0.5, 0.6) is 5.75 Å². The second kappa shape index (κ2) is 9.79. The number of hydrazone groups is 1. The van der Waals surface area contributed by atoms with E-state index in [0.29, 0.717) is 33.5 Å². The molecule has 0 saturated heterocycles. The minimum Gasteiger partial charge on any atom is -0.494 e. The second-order valence-corrected chi connectivity index (χ2v) is 5.86. The molecule has 2 N–H and O–H groups in total. The van der Waals surface area contributed by atoms with Crippen molar-refractivity contribution in [2.75, 3.05) is 13.2 Å². The summed E-state index contributed by atoms with van der Waals surface area (Å²) in [4.78, 5) is 23.7. The van der Waals surface area contributed by atoms with Crippen LogP contribution in [0.15, 0.2) is 47.6 Å². The molecule has 0 atom stereocenters. The summed E-state index contributed by atoms with van der Waals surface area (Å²) in [6.45, 7) is 2.21. The van der Waals surface area contributed by atoms with Gasteiger partial charge in [0.05, 0.1) is 29.4 Å². The summed E-state index contributed by atoms with van der Waals surface area (Å²) in [6.07, 6.45) is 1.38. The molecule has 0 fully saturated rings. The molecule has 8 heteroatoms. The molecule has 2 rings (SSSR count). The molecule has 0 radical (unpaired) electrons.